The summed E-state index contributed by atoms with van der Waals surface area (Å²) in [6, 6.07) is 7.85. The van der Waals surface area contributed by atoms with Crippen LogP contribution in [0.2, 0.25) is 0 Å². The molecule has 0 bridgehead atoms. The molecule has 9 heteroatoms. The number of carbonyl (C=O) groups excluding carboxylic acids is 1. The van der Waals surface area contributed by atoms with Crippen molar-refractivity contribution in [2.75, 3.05) is 44.2 Å². The number of halogens is 1. The summed E-state index contributed by atoms with van der Waals surface area (Å²) in [5, 5.41) is 0.00525. The van der Waals surface area contributed by atoms with Crippen LogP contribution in [0.1, 0.15) is 35.9 Å². The number of ketones is 1. The summed E-state index contributed by atoms with van der Waals surface area (Å²) < 4.78 is 46.7. The lowest BCUT2D eigenvalue weighted by Crippen LogP contribution is -2.46. The fraction of sp³-hybridized carbons (Fsp3) is 0.476. The number of rotatable bonds is 6. The molecule has 2 aromatic rings. The molecule has 2 saturated heterocycles. The number of furan rings is 1. The number of nitrogens with zero attached hydrogens (tertiary/aromatic N) is 3. The van der Waals surface area contributed by atoms with E-state index >= 15 is 0 Å². The van der Waals surface area contributed by atoms with Gasteiger partial charge in [0.25, 0.3) is 10.0 Å². The minimum absolute atomic E-state index is 0.00525. The van der Waals surface area contributed by atoms with Gasteiger partial charge in [0.2, 0.25) is 5.09 Å². The third-order valence-electron chi connectivity index (χ3n) is 5.74. The lowest BCUT2D eigenvalue weighted by atomic mass is 10.1. The zero-order valence-corrected chi connectivity index (χ0v) is 17.8. The first-order chi connectivity index (χ1) is 14.3. The maximum Gasteiger partial charge on any atom is 0.276 e. The Morgan fingerprint density at radius 1 is 1.03 bits per heavy atom. The van der Waals surface area contributed by atoms with Crippen molar-refractivity contribution < 1.29 is 22.0 Å². The van der Waals surface area contributed by atoms with Crippen molar-refractivity contribution in [2.45, 2.75) is 31.4 Å². The van der Waals surface area contributed by atoms with Crippen LogP contribution in [0, 0.1) is 5.82 Å². The molecule has 4 rings (SSSR count). The van der Waals surface area contributed by atoms with Gasteiger partial charge in [0.1, 0.15) is 11.6 Å². The molecule has 3 heterocycles. The lowest BCUT2D eigenvalue weighted by molar-refractivity contribution is 0.101. The number of Topliss-reactive ketones (excluding diaryl/α,β-unsaturated/α-hetero) is 1. The predicted molar refractivity (Wildman–Crippen MR) is 111 cm³/mol. The van der Waals surface area contributed by atoms with E-state index in [9.17, 15) is 17.6 Å². The summed E-state index contributed by atoms with van der Waals surface area (Å²) >= 11 is 0. The van der Waals surface area contributed by atoms with E-state index in [1.54, 1.807) is 18.2 Å². The van der Waals surface area contributed by atoms with Gasteiger partial charge >= 0.3 is 0 Å². The molecule has 7 nitrogen and oxygen atoms in total. The summed E-state index contributed by atoms with van der Waals surface area (Å²) in [7, 11) is -3.54. The molecule has 0 unspecified atom stereocenters. The fourth-order valence-corrected chi connectivity index (χ4v) is 5.43. The highest BCUT2D eigenvalue weighted by atomic mass is 32.2. The van der Waals surface area contributed by atoms with Gasteiger partial charge in [0.05, 0.1) is 12.2 Å². The highest BCUT2D eigenvalue weighted by Gasteiger charge is 2.30. The average Bonchev–Trinajstić information content (AvgIpc) is 3.41. The first kappa shape index (κ1) is 21.0. The van der Waals surface area contributed by atoms with Crippen LogP contribution in [0.4, 0.5) is 10.1 Å². The van der Waals surface area contributed by atoms with Gasteiger partial charge in [-0.05, 0) is 50.1 Å². The average molecular weight is 436 g/mol. The Morgan fingerprint density at radius 3 is 2.37 bits per heavy atom. The van der Waals surface area contributed by atoms with Crippen LogP contribution >= 0.6 is 0 Å². The topological polar surface area (TPSA) is 74.1 Å². The smallest absolute Gasteiger partial charge is 0.276 e. The Labute approximate surface area is 176 Å². The molecule has 0 amide bonds. The van der Waals surface area contributed by atoms with Gasteiger partial charge in [-0.25, -0.2) is 12.8 Å². The lowest BCUT2D eigenvalue weighted by Gasteiger charge is -2.35. The van der Waals surface area contributed by atoms with Crippen molar-refractivity contribution in [3.63, 3.8) is 0 Å². The maximum atomic E-state index is 14.4. The van der Waals surface area contributed by atoms with Crippen molar-refractivity contribution in [3.8, 4) is 0 Å². The highest BCUT2D eigenvalue weighted by Crippen LogP contribution is 2.25. The molecule has 2 fully saturated rings. The number of carbonyl (C=O) groups is 1. The standard InChI is InChI=1S/C21H26FN3O4S/c1-16(26)17-4-6-20(19(22)14-17)24-12-10-23(11-13-24)15-18-5-7-21(29-18)30(27,28)25-8-2-3-9-25/h4-7,14H,2-3,8-13,15H2,1H3. The van der Waals surface area contributed by atoms with Crippen molar-refractivity contribution in [2.24, 2.45) is 0 Å². The van der Waals surface area contributed by atoms with Gasteiger partial charge in [-0.2, -0.15) is 4.31 Å². The predicted octanol–water partition coefficient (Wildman–Crippen LogP) is 2.73. The van der Waals surface area contributed by atoms with Crippen LogP contribution in [0.15, 0.2) is 39.8 Å². The molecule has 0 radical (unpaired) electrons. The molecule has 0 N–H and O–H groups in total. The van der Waals surface area contributed by atoms with Gasteiger partial charge in [-0.15, -0.1) is 0 Å². The largest absolute Gasteiger partial charge is 0.447 e. The minimum Gasteiger partial charge on any atom is -0.447 e. The summed E-state index contributed by atoms with van der Waals surface area (Å²) in [4.78, 5) is 15.5. The molecule has 162 valence electrons. The van der Waals surface area contributed by atoms with E-state index < -0.39 is 10.0 Å². The van der Waals surface area contributed by atoms with Crippen LogP contribution in [0.5, 0.6) is 0 Å². The minimum atomic E-state index is -3.54. The Morgan fingerprint density at radius 2 is 1.73 bits per heavy atom. The van der Waals surface area contributed by atoms with Crippen molar-refractivity contribution in [1.82, 2.24) is 9.21 Å². The molecular formula is C21H26FN3O4S. The van der Waals surface area contributed by atoms with E-state index in [0.717, 1.165) is 12.8 Å². The van der Waals surface area contributed by atoms with Crippen molar-refractivity contribution in [1.29, 1.82) is 0 Å². The molecule has 0 saturated carbocycles. The Hall–Kier alpha value is -2.23. The Bertz CT molecular complexity index is 1020. The van der Waals surface area contributed by atoms with Crippen LogP contribution in [0.3, 0.4) is 0 Å². The summed E-state index contributed by atoms with van der Waals surface area (Å²) in [5.74, 6) is 0.0620. The van der Waals surface area contributed by atoms with Gasteiger partial charge < -0.3 is 9.32 Å². The summed E-state index contributed by atoms with van der Waals surface area (Å²) in [6.07, 6.45) is 1.77. The van der Waals surface area contributed by atoms with Crippen LogP contribution in [0.25, 0.3) is 0 Å². The van der Waals surface area contributed by atoms with Gasteiger partial charge in [0.15, 0.2) is 5.78 Å². The van der Waals surface area contributed by atoms with E-state index in [-0.39, 0.29) is 16.7 Å². The Balaban J connectivity index is 1.35. The molecule has 0 atom stereocenters. The van der Waals surface area contributed by atoms with E-state index in [1.807, 2.05) is 4.90 Å². The number of piperazine rings is 1. The second-order valence-corrected chi connectivity index (χ2v) is 9.69. The molecule has 1 aromatic carbocycles. The zero-order chi connectivity index (χ0) is 21.3. The first-order valence-corrected chi connectivity index (χ1v) is 11.7. The highest BCUT2D eigenvalue weighted by molar-refractivity contribution is 7.89. The second kappa shape index (κ2) is 8.49. The van der Waals surface area contributed by atoms with E-state index in [4.69, 9.17) is 4.42 Å². The van der Waals surface area contributed by atoms with Gasteiger partial charge in [-0.1, -0.05) is 0 Å². The third kappa shape index (κ3) is 4.28. The summed E-state index contributed by atoms with van der Waals surface area (Å²) in [5.41, 5.74) is 0.865. The van der Waals surface area contributed by atoms with Gasteiger partial charge in [-0.3, -0.25) is 9.69 Å². The summed E-state index contributed by atoms with van der Waals surface area (Å²) in [6.45, 7) is 5.69. The monoisotopic (exact) mass is 435 g/mol. The van der Waals surface area contributed by atoms with Crippen molar-refractivity contribution in [3.05, 3.63) is 47.5 Å². The van der Waals surface area contributed by atoms with Crippen LogP contribution < -0.4 is 4.90 Å². The quantitative estimate of drug-likeness (QED) is 0.650. The van der Waals surface area contributed by atoms with E-state index in [2.05, 4.69) is 4.90 Å². The Kier molecular flexibility index (Phi) is 5.95. The SMILES string of the molecule is CC(=O)c1ccc(N2CCN(Cc3ccc(S(=O)(=O)N4CCCC4)o3)CC2)c(F)c1. The van der Waals surface area contributed by atoms with Crippen molar-refractivity contribution >= 4 is 21.5 Å². The van der Waals surface area contributed by atoms with Crippen LogP contribution in [-0.4, -0.2) is 62.7 Å². The third-order valence-corrected chi connectivity index (χ3v) is 7.52. The molecule has 0 aliphatic carbocycles. The number of benzene rings is 1. The number of hydrogen-bond donors (Lipinski definition) is 0. The van der Waals surface area contributed by atoms with E-state index in [1.165, 1.54) is 23.4 Å². The van der Waals surface area contributed by atoms with Gasteiger partial charge in [0, 0.05) is 44.8 Å². The molecule has 2 aliphatic rings. The second-order valence-electron chi connectivity index (χ2n) is 7.82. The molecule has 30 heavy (non-hydrogen) atoms. The van der Waals surface area contributed by atoms with E-state index in [0.29, 0.717) is 62.8 Å². The number of sulfonamides is 1. The fourth-order valence-electron chi connectivity index (χ4n) is 3.99. The normalized spacial score (nSPS) is 18.8. The number of anilines is 1. The molecule has 2 aliphatic heterocycles. The maximum absolute atomic E-state index is 14.4. The molecule has 0 spiro atoms. The number of hydrogen-bond acceptors (Lipinski definition) is 6. The first-order valence-electron chi connectivity index (χ1n) is 10.2. The molecular weight excluding hydrogens is 409 g/mol. The zero-order valence-electron chi connectivity index (χ0n) is 17.0. The van der Waals surface area contributed by atoms with Crippen LogP contribution in [-0.2, 0) is 16.6 Å². The molecule has 1 aromatic heterocycles.